The highest BCUT2D eigenvalue weighted by atomic mass is 16.5. The van der Waals surface area contributed by atoms with Gasteiger partial charge in [-0.25, -0.2) is 4.79 Å². The summed E-state index contributed by atoms with van der Waals surface area (Å²) in [6.45, 7) is 8.60. The number of anilines is 1. The molecule has 0 aromatic carbocycles. The topological polar surface area (TPSA) is 57.2 Å². The minimum atomic E-state index is -0.250. The third-order valence-electron chi connectivity index (χ3n) is 4.20. The molecule has 4 heteroatoms. The molecular weight excluding hydrogens is 252 g/mol. The minimum absolute atomic E-state index is 0.0484. The van der Waals surface area contributed by atoms with Gasteiger partial charge in [0.15, 0.2) is 0 Å². The molecule has 0 bridgehead atoms. The van der Waals surface area contributed by atoms with Crippen molar-refractivity contribution in [1.82, 2.24) is 4.57 Å². The van der Waals surface area contributed by atoms with E-state index in [1.54, 1.807) is 12.3 Å². The number of rotatable bonds is 3. The number of hydrogen-bond donors (Lipinski definition) is 1. The van der Waals surface area contributed by atoms with Crippen molar-refractivity contribution in [2.45, 2.75) is 65.5 Å². The highest BCUT2D eigenvalue weighted by molar-refractivity contribution is 5.89. The highest BCUT2D eigenvalue weighted by Gasteiger charge is 2.29. The molecule has 112 valence electrons. The van der Waals surface area contributed by atoms with E-state index in [1.807, 2.05) is 18.4 Å². The fraction of sp³-hybridized carbons (Fsp3) is 0.688. The van der Waals surface area contributed by atoms with Crippen molar-refractivity contribution < 1.29 is 9.53 Å². The summed E-state index contributed by atoms with van der Waals surface area (Å²) < 4.78 is 7.54. The number of esters is 1. The first-order chi connectivity index (χ1) is 9.28. The van der Waals surface area contributed by atoms with Gasteiger partial charge in [0, 0.05) is 12.2 Å². The lowest BCUT2D eigenvalue weighted by molar-refractivity contribution is 0.00831. The zero-order valence-corrected chi connectivity index (χ0v) is 13.0. The lowest BCUT2D eigenvalue weighted by Crippen LogP contribution is -2.29. The summed E-state index contributed by atoms with van der Waals surface area (Å²) in [6, 6.07) is 1.90. The largest absolute Gasteiger partial charge is 0.458 e. The molecule has 0 aliphatic heterocycles. The first kappa shape index (κ1) is 14.9. The predicted octanol–water partition coefficient (Wildman–Crippen LogP) is 3.78. The number of carbonyl (C=O) groups is 1. The molecule has 1 fully saturated rings. The van der Waals surface area contributed by atoms with Gasteiger partial charge in [0.25, 0.3) is 0 Å². The maximum atomic E-state index is 12.3. The Morgan fingerprint density at radius 3 is 2.55 bits per heavy atom. The van der Waals surface area contributed by atoms with Crippen molar-refractivity contribution in [3.63, 3.8) is 0 Å². The average molecular weight is 278 g/mol. The molecule has 2 rings (SSSR count). The van der Waals surface area contributed by atoms with Crippen molar-refractivity contribution in [2.24, 2.45) is 5.41 Å². The van der Waals surface area contributed by atoms with Gasteiger partial charge in [-0.3, -0.25) is 0 Å². The van der Waals surface area contributed by atoms with Crippen molar-refractivity contribution in [1.29, 1.82) is 0 Å². The van der Waals surface area contributed by atoms with Crippen LogP contribution in [0.15, 0.2) is 12.3 Å². The van der Waals surface area contributed by atoms with Crippen molar-refractivity contribution in [3.8, 4) is 0 Å². The number of nitrogens with two attached hydrogens (primary N) is 1. The second-order valence-electron chi connectivity index (χ2n) is 6.93. The molecule has 4 nitrogen and oxygen atoms in total. The fourth-order valence-corrected chi connectivity index (χ4v) is 2.79. The molecule has 0 unspecified atom stereocenters. The van der Waals surface area contributed by atoms with Crippen LogP contribution in [0.2, 0.25) is 0 Å². The van der Waals surface area contributed by atoms with Crippen LogP contribution in [0.3, 0.4) is 0 Å². The summed E-state index contributed by atoms with van der Waals surface area (Å²) in [5.41, 5.74) is 7.34. The fourth-order valence-electron chi connectivity index (χ4n) is 2.79. The summed E-state index contributed by atoms with van der Waals surface area (Å²) >= 11 is 0. The molecular formula is C16H26N2O2. The van der Waals surface area contributed by atoms with Gasteiger partial charge in [-0.15, -0.1) is 0 Å². The molecule has 0 atom stereocenters. The Morgan fingerprint density at radius 2 is 2.00 bits per heavy atom. The van der Waals surface area contributed by atoms with Gasteiger partial charge in [0.2, 0.25) is 0 Å². The van der Waals surface area contributed by atoms with Crippen LogP contribution in [0.5, 0.6) is 0 Å². The van der Waals surface area contributed by atoms with Crippen LogP contribution in [-0.4, -0.2) is 16.6 Å². The number of aromatic nitrogens is 1. The summed E-state index contributed by atoms with van der Waals surface area (Å²) in [5.74, 6) is -0.250. The Kier molecular flexibility index (Phi) is 4.11. The van der Waals surface area contributed by atoms with E-state index < -0.39 is 0 Å². The summed E-state index contributed by atoms with van der Waals surface area (Å²) in [5, 5.41) is 0. The van der Waals surface area contributed by atoms with E-state index in [9.17, 15) is 4.79 Å². The van der Waals surface area contributed by atoms with Crippen LogP contribution in [0, 0.1) is 5.41 Å². The number of nitrogen functional groups attached to an aromatic ring is 1. The van der Waals surface area contributed by atoms with E-state index in [2.05, 4.69) is 13.8 Å². The first-order valence-corrected chi connectivity index (χ1v) is 7.47. The molecule has 1 aliphatic rings. The van der Waals surface area contributed by atoms with Gasteiger partial charge < -0.3 is 15.0 Å². The molecule has 1 aromatic rings. The van der Waals surface area contributed by atoms with Gasteiger partial charge in [0.05, 0.1) is 5.69 Å². The molecule has 0 saturated heterocycles. The molecule has 2 N–H and O–H groups in total. The highest BCUT2D eigenvalue weighted by Crippen LogP contribution is 2.36. The van der Waals surface area contributed by atoms with E-state index in [-0.39, 0.29) is 18.1 Å². The maximum absolute atomic E-state index is 12.3. The Hall–Kier alpha value is -1.45. The molecule has 20 heavy (non-hydrogen) atoms. The molecule has 1 saturated carbocycles. The molecule has 0 spiro atoms. The second-order valence-corrected chi connectivity index (χ2v) is 6.93. The quantitative estimate of drug-likeness (QED) is 0.856. The number of carbonyl (C=O) groups excluding carboxylic acids is 1. The molecule has 1 aliphatic carbocycles. The predicted molar refractivity (Wildman–Crippen MR) is 80.7 cm³/mol. The Bertz CT molecular complexity index is 479. The van der Waals surface area contributed by atoms with E-state index in [0.717, 1.165) is 25.7 Å². The SMILES string of the molecule is CC(C)n1cc(N)cc1C(=O)OC1CCC(C)(C)CC1. The lowest BCUT2D eigenvalue weighted by Gasteiger charge is -2.33. The van der Waals surface area contributed by atoms with Gasteiger partial charge in [-0.05, 0) is 51.0 Å². The standard InChI is InChI=1S/C16H26N2O2/c1-11(2)18-10-12(17)9-14(18)15(19)20-13-5-7-16(3,4)8-6-13/h9-11,13H,5-8,17H2,1-4H3. The Labute approximate surface area is 121 Å². The van der Waals surface area contributed by atoms with Crippen LogP contribution in [0.25, 0.3) is 0 Å². The Morgan fingerprint density at radius 1 is 1.40 bits per heavy atom. The van der Waals surface area contributed by atoms with Crippen LogP contribution in [0.4, 0.5) is 5.69 Å². The van der Waals surface area contributed by atoms with Gasteiger partial charge in [-0.2, -0.15) is 0 Å². The zero-order chi connectivity index (χ0) is 14.9. The van der Waals surface area contributed by atoms with Crippen LogP contribution >= 0.6 is 0 Å². The number of ether oxygens (including phenoxy) is 1. The van der Waals surface area contributed by atoms with Crippen LogP contribution < -0.4 is 5.73 Å². The monoisotopic (exact) mass is 278 g/mol. The summed E-state index contributed by atoms with van der Waals surface area (Å²) in [6.07, 6.45) is 5.97. The third-order valence-corrected chi connectivity index (χ3v) is 4.20. The zero-order valence-electron chi connectivity index (χ0n) is 13.0. The maximum Gasteiger partial charge on any atom is 0.355 e. The van der Waals surface area contributed by atoms with E-state index >= 15 is 0 Å². The Balaban J connectivity index is 2.02. The van der Waals surface area contributed by atoms with Crippen molar-refractivity contribution in [3.05, 3.63) is 18.0 Å². The molecule has 1 heterocycles. The number of hydrogen-bond acceptors (Lipinski definition) is 3. The van der Waals surface area contributed by atoms with E-state index in [4.69, 9.17) is 10.5 Å². The summed E-state index contributed by atoms with van der Waals surface area (Å²) in [4.78, 5) is 12.3. The minimum Gasteiger partial charge on any atom is -0.458 e. The molecule has 1 aromatic heterocycles. The third kappa shape index (κ3) is 3.35. The van der Waals surface area contributed by atoms with Gasteiger partial charge >= 0.3 is 5.97 Å². The number of nitrogens with zero attached hydrogens (tertiary/aromatic N) is 1. The van der Waals surface area contributed by atoms with E-state index in [0.29, 0.717) is 16.8 Å². The van der Waals surface area contributed by atoms with Gasteiger partial charge in [-0.1, -0.05) is 13.8 Å². The second kappa shape index (κ2) is 5.51. The summed E-state index contributed by atoms with van der Waals surface area (Å²) in [7, 11) is 0. The molecule has 0 amide bonds. The smallest absolute Gasteiger partial charge is 0.355 e. The van der Waals surface area contributed by atoms with Crippen LogP contribution in [0.1, 0.15) is 69.9 Å². The normalized spacial score (nSPS) is 19.2. The van der Waals surface area contributed by atoms with Crippen molar-refractivity contribution >= 4 is 11.7 Å². The lowest BCUT2D eigenvalue weighted by atomic mass is 9.76. The molecule has 0 radical (unpaired) electrons. The van der Waals surface area contributed by atoms with Gasteiger partial charge in [0.1, 0.15) is 11.8 Å². The first-order valence-electron chi connectivity index (χ1n) is 7.47. The van der Waals surface area contributed by atoms with Crippen LogP contribution in [-0.2, 0) is 4.74 Å². The van der Waals surface area contributed by atoms with E-state index in [1.165, 1.54) is 0 Å². The van der Waals surface area contributed by atoms with Crippen molar-refractivity contribution in [2.75, 3.05) is 5.73 Å². The average Bonchev–Trinajstić information content (AvgIpc) is 2.74.